The Morgan fingerprint density at radius 1 is 0.417 bits per heavy atom. The highest BCUT2D eigenvalue weighted by Gasteiger charge is 2.32. The van der Waals surface area contributed by atoms with E-state index in [2.05, 4.69) is 170 Å². The van der Waals surface area contributed by atoms with Crippen molar-refractivity contribution in [2.24, 2.45) is 0 Å². The quantitative estimate of drug-likeness (QED) is 0.198. The van der Waals surface area contributed by atoms with Crippen LogP contribution < -0.4 is 0 Å². The maximum Gasteiger partial charge on any atom is 0.139 e. The molecule has 0 saturated carbocycles. The van der Waals surface area contributed by atoms with E-state index in [1.54, 1.807) is 0 Å². The van der Waals surface area contributed by atoms with Gasteiger partial charge in [-0.2, -0.15) is 0 Å². The first-order valence-corrected chi connectivity index (χ1v) is 16.5. The molecular formula is C46H29NO. The Morgan fingerprint density at radius 3 is 1.96 bits per heavy atom. The van der Waals surface area contributed by atoms with Crippen molar-refractivity contribution < 1.29 is 4.42 Å². The predicted octanol–water partition coefficient (Wildman–Crippen LogP) is 12.3. The number of fused-ring (bicyclic) bond motifs is 7. The zero-order valence-electron chi connectivity index (χ0n) is 26.1. The molecule has 0 spiro atoms. The molecule has 0 N–H and O–H groups in total. The third kappa shape index (κ3) is 4.09. The van der Waals surface area contributed by atoms with Crippen LogP contribution in [0.25, 0.3) is 77.5 Å². The number of para-hydroxylation sites is 2. The van der Waals surface area contributed by atoms with Gasteiger partial charge in [0.1, 0.15) is 11.2 Å². The minimum atomic E-state index is 0.0669. The Hall–Kier alpha value is -6.25. The second-order valence-corrected chi connectivity index (χ2v) is 12.6. The molecule has 1 atom stereocenters. The highest BCUT2D eigenvalue weighted by atomic mass is 16.3. The number of furan rings is 1. The van der Waals surface area contributed by atoms with Gasteiger partial charge in [-0.1, -0.05) is 146 Å². The lowest BCUT2D eigenvalue weighted by molar-refractivity contribution is 0.661. The van der Waals surface area contributed by atoms with Crippen molar-refractivity contribution in [2.45, 2.75) is 5.92 Å². The van der Waals surface area contributed by atoms with Gasteiger partial charge in [0.2, 0.25) is 0 Å². The molecule has 1 aliphatic carbocycles. The fourth-order valence-electron chi connectivity index (χ4n) is 7.83. The summed E-state index contributed by atoms with van der Waals surface area (Å²) in [6.45, 7) is 0. The van der Waals surface area contributed by atoms with Gasteiger partial charge in [-0.3, -0.25) is 0 Å². The lowest BCUT2D eigenvalue weighted by Gasteiger charge is -2.15. The number of hydrogen-bond donors (Lipinski definition) is 0. The molecular weight excluding hydrogens is 583 g/mol. The van der Waals surface area contributed by atoms with Crippen molar-refractivity contribution in [1.29, 1.82) is 0 Å². The summed E-state index contributed by atoms with van der Waals surface area (Å²) in [7, 11) is 0. The van der Waals surface area contributed by atoms with Crippen LogP contribution in [0, 0.1) is 0 Å². The number of hydrogen-bond acceptors (Lipinski definition) is 2. The molecule has 2 aromatic heterocycles. The van der Waals surface area contributed by atoms with Crippen LogP contribution in [0.15, 0.2) is 174 Å². The maximum absolute atomic E-state index is 6.86. The van der Waals surface area contributed by atoms with E-state index in [1.165, 1.54) is 50.1 Å². The third-order valence-electron chi connectivity index (χ3n) is 9.97. The summed E-state index contributed by atoms with van der Waals surface area (Å²) >= 11 is 0. The van der Waals surface area contributed by atoms with E-state index in [-0.39, 0.29) is 5.92 Å². The monoisotopic (exact) mass is 611 g/mol. The van der Waals surface area contributed by atoms with E-state index >= 15 is 0 Å². The Morgan fingerprint density at radius 2 is 1.08 bits per heavy atom. The van der Waals surface area contributed by atoms with Gasteiger partial charge in [0, 0.05) is 33.2 Å². The van der Waals surface area contributed by atoms with Crippen molar-refractivity contribution >= 4 is 32.8 Å². The van der Waals surface area contributed by atoms with Gasteiger partial charge in [0.15, 0.2) is 0 Å². The molecule has 2 nitrogen and oxygen atoms in total. The van der Waals surface area contributed by atoms with Gasteiger partial charge in [-0.25, -0.2) is 4.98 Å². The molecule has 0 bridgehead atoms. The van der Waals surface area contributed by atoms with Gasteiger partial charge >= 0.3 is 0 Å². The number of benzene rings is 7. The normalized spacial score (nSPS) is 13.6. The maximum atomic E-state index is 6.86. The molecule has 48 heavy (non-hydrogen) atoms. The van der Waals surface area contributed by atoms with Crippen LogP contribution in [0.4, 0.5) is 0 Å². The average molecular weight is 612 g/mol. The standard InChI is InChI=1S/C46H29NO/c1-3-13-29(14-4-1)31-25-26-35-40(27-31)32-17-7-8-19-34(32)44(35)37-21-11-22-38-45-36(20-12-24-43(45)48-46(37)38)42-28-39(30-15-5-2-6-16-30)33-18-9-10-23-41(33)47-42/h1-28,44H. The van der Waals surface area contributed by atoms with Crippen LogP contribution in [-0.2, 0) is 0 Å². The summed E-state index contributed by atoms with van der Waals surface area (Å²) in [6.07, 6.45) is 0. The lowest BCUT2D eigenvalue weighted by Crippen LogP contribution is -1.99. The van der Waals surface area contributed by atoms with Crippen LogP contribution in [0.2, 0.25) is 0 Å². The zero-order valence-corrected chi connectivity index (χ0v) is 26.1. The highest BCUT2D eigenvalue weighted by Crippen LogP contribution is 2.51. The summed E-state index contributed by atoms with van der Waals surface area (Å²) in [5.74, 6) is 0.0669. The molecule has 0 fully saturated rings. The highest BCUT2D eigenvalue weighted by molar-refractivity contribution is 6.14. The molecule has 0 aliphatic heterocycles. The summed E-state index contributed by atoms with van der Waals surface area (Å²) in [4.78, 5) is 5.22. The summed E-state index contributed by atoms with van der Waals surface area (Å²) in [6, 6.07) is 60.7. The van der Waals surface area contributed by atoms with Crippen molar-refractivity contribution in [3.8, 4) is 44.6 Å². The van der Waals surface area contributed by atoms with Gasteiger partial charge < -0.3 is 4.42 Å². The Kier molecular flexibility index (Phi) is 5.97. The molecule has 1 unspecified atom stereocenters. The third-order valence-corrected chi connectivity index (χ3v) is 9.97. The molecule has 0 amide bonds. The van der Waals surface area contributed by atoms with Gasteiger partial charge in [-0.05, 0) is 68.8 Å². The Bertz CT molecular complexity index is 2670. The molecule has 1 aliphatic rings. The van der Waals surface area contributed by atoms with Crippen LogP contribution in [0.5, 0.6) is 0 Å². The van der Waals surface area contributed by atoms with Crippen LogP contribution >= 0.6 is 0 Å². The smallest absolute Gasteiger partial charge is 0.139 e. The van der Waals surface area contributed by atoms with Crippen molar-refractivity contribution in [1.82, 2.24) is 4.98 Å². The largest absolute Gasteiger partial charge is 0.456 e. The van der Waals surface area contributed by atoms with Crippen molar-refractivity contribution in [3.63, 3.8) is 0 Å². The van der Waals surface area contributed by atoms with E-state index < -0.39 is 0 Å². The molecule has 0 saturated heterocycles. The van der Waals surface area contributed by atoms with E-state index in [0.29, 0.717) is 0 Å². The topological polar surface area (TPSA) is 26.0 Å². The SMILES string of the molecule is c1ccc(-c2ccc3c(c2)-c2ccccc2C3c2cccc3c2oc2cccc(-c4cc(-c5ccccc5)c5ccccc5n4)c23)cc1. The summed E-state index contributed by atoms with van der Waals surface area (Å²) in [5, 5.41) is 3.36. The number of rotatable bonds is 4. The molecule has 2 heteroatoms. The van der Waals surface area contributed by atoms with Crippen molar-refractivity contribution in [3.05, 3.63) is 187 Å². The average Bonchev–Trinajstić information content (AvgIpc) is 3.71. The van der Waals surface area contributed by atoms with Crippen LogP contribution in [0.1, 0.15) is 22.6 Å². The fourth-order valence-corrected chi connectivity index (χ4v) is 7.83. The van der Waals surface area contributed by atoms with Gasteiger partial charge in [0.25, 0.3) is 0 Å². The number of pyridine rings is 1. The summed E-state index contributed by atoms with van der Waals surface area (Å²) in [5.41, 5.74) is 16.0. The zero-order chi connectivity index (χ0) is 31.6. The van der Waals surface area contributed by atoms with Crippen LogP contribution in [0.3, 0.4) is 0 Å². The van der Waals surface area contributed by atoms with Gasteiger partial charge in [-0.15, -0.1) is 0 Å². The fraction of sp³-hybridized carbons (Fsp3) is 0.0217. The van der Waals surface area contributed by atoms with E-state index in [4.69, 9.17) is 9.40 Å². The molecule has 224 valence electrons. The predicted molar refractivity (Wildman–Crippen MR) is 198 cm³/mol. The minimum Gasteiger partial charge on any atom is -0.456 e. The molecule has 2 heterocycles. The second-order valence-electron chi connectivity index (χ2n) is 12.6. The van der Waals surface area contributed by atoms with Gasteiger partial charge in [0.05, 0.1) is 11.2 Å². The molecule has 10 rings (SSSR count). The van der Waals surface area contributed by atoms with E-state index in [9.17, 15) is 0 Å². The number of nitrogens with zero attached hydrogens (tertiary/aromatic N) is 1. The van der Waals surface area contributed by atoms with E-state index in [0.717, 1.165) is 44.1 Å². The first kappa shape index (κ1) is 26.9. The minimum absolute atomic E-state index is 0.0669. The summed E-state index contributed by atoms with van der Waals surface area (Å²) < 4.78 is 6.86. The molecule has 0 radical (unpaired) electrons. The molecule has 7 aromatic carbocycles. The van der Waals surface area contributed by atoms with E-state index in [1.807, 2.05) is 0 Å². The molecule has 9 aromatic rings. The first-order chi connectivity index (χ1) is 23.8. The Labute approximate surface area is 278 Å². The number of aromatic nitrogens is 1. The first-order valence-electron chi connectivity index (χ1n) is 16.5. The second kappa shape index (κ2) is 10.7. The lowest BCUT2D eigenvalue weighted by atomic mass is 9.87. The van der Waals surface area contributed by atoms with Crippen LogP contribution in [-0.4, -0.2) is 4.98 Å². The Balaban J connectivity index is 1.18. The van der Waals surface area contributed by atoms with Crippen molar-refractivity contribution in [2.75, 3.05) is 0 Å².